The molecule has 18 heavy (non-hydrogen) atoms. The number of carbonyl (C=O) groups is 1. The molecule has 1 unspecified atom stereocenters. The highest BCUT2D eigenvalue weighted by atomic mass is 16.5. The van der Waals surface area contributed by atoms with E-state index in [1.165, 1.54) is 5.56 Å². The van der Waals surface area contributed by atoms with Gasteiger partial charge in [-0.3, -0.25) is 4.79 Å². The molecule has 2 rings (SSSR count). The van der Waals surface area contributed by atoms with E-state index in [1.54, 1.807) is 0 Å². The number of carbonyl (C=O) groups excluding carboxylic acids is 1. The summed E-state index contributed by atoms with van der Waals surface area (Å²) >= 11 is 0. The fourth-order valence-corrected chi connectivity index (χ4v) is 2.32. The zero-order valence-electron chi connectivity index (χ0n) is 11.2. The number of nitrogens with zero attached hydrogens (tertiary/aromatic N) is 1. The third kappa shape index (κ3) is 2.54. The molecule has 1 heterocycles. The highest BCUT2D eigenvalue weighted by molar-refractivity contribution is 5.98. The molecule has 0 bridgehead atoms. The van der Waals surface area contributed by atoms with Crippen molar-refractivity contribution in [3.63, 3.8) is 0 Å². The lowest BCUT2D eigenvalue weighted by Crippen LogP contribution is -2.51. The van der Waals surface area contributed by atoms with Crippen LogP contribution in [0.3, 0.4) is 0 Å². The van der Waals surface area contributed by atoms with Crippen LogP contribution in [0.2, 0.25) is 0 Å². The topological polar surface area (TPSA) is 41.6 Å². The minimum absolute atomic E-state index is 0.0440. The lowest BCUT2D eigenvalue weighted by molar-refractivity contribution is -0.133. The summed E-state index contributed by atoms with van der Waals surface area (Å²) < 4.78 is 5.49. The normalized spacial score (nSPS) is 20.3. The number of ether oxygens (including phenoxy) is 1. The fraction of sp³-hybridized carbons (Fsp3) is 0.500. The highest BCUT2D eigenvalue weighted by Crippen LogP contribution is 2.23. The Morgan fingerprint density at radius 1 is 1.44 bits per heavy atom. The fourth-order valence-electron chi connectivity index (χ4n) is 2.32. The lowest BCUT2D eigenvalue weighted by Gasteiger charge is -2.33. The van der Waals surface area contributed by atoms with E-state index in [0.717, 1.165) is 11.3 Å². The largest absolute Gasteiger partial charge is 0.365 e. The number of hydrogen-bond donors (Lipinski definition) is 1. The maximum absolute atomic E-state index is 12.3. The van der Waals surface area contributed by atoms with Crippen LogP contribution >= 0.6 is 0 Å². The Hall–Kier alpha value is -1.39. The average Bonchev–Trinajstić information content (AvgIpc) is 2.33. The summed E-state index contributed by atoms with van der Waals surface area (Å²) in [5.74, 6) is 0.0440. The van der Waals surface area contributed by atoms with Gasteiger partial charge in [0.05, 0.1) is 6.61 Å². The SMILES string of the molecule is CNCC1OCCN(c2ccc(C)cc2C)C1=O. The maximum Gasteiger partial charge on any atom is 0.257 e. The van der Waals surface area contributed by atoms with Gasteiger partial charge >= 0.3 is 0 Å². The van der Waals surface area contributed by atoms with Crippen molar-refractivity contribution in [2.75, 3.05) is 31.6 Å². The van der Waals surface area contributed by atoms with Gasteiger partial charge in [0.1, 0.15) is 6.10 Å². The number of morpholine rings is 1. The van der Waals surface area contributed by atoms with Gasteiger partial charge in [0.15, 0.2) is 0 Å². The predicted molar refractivity (Wildman–Crippen MR) is 71.9 cm³/mol. The average molecular weight is 248 g/mol. The van der Waals surface area contributed by atoms with E-state index in [9.17, 15) is 4.79 Å². The molecule has 1 N–H and O–H groups in total. The summed E-state index contributed by atoms with van der Waals surface area (Å²) in [5, 5.41) is 2.99. The molecule has 1 fully saturated rings. The Labute approximate surface area is 108 Å². The molecule has 0 radical (unpaired) electrons. The molecule has 1 aromatic rings. The lowest BCUT2D eigenvalue weighted by atomic mass is 10.1. The van der Waals surface area contributed by atoms with Crippen molar-refractivity contribution < 1.29 is 9.53 Å². The molecule has 1 amide bonds. The van der Waals surface area contributed by atoms with Gasteiger partial charge in [0.2, 0.25) is 0 Å². The molecule has 0 spiro atoms. The molecule has 1 atom stereocenters. The Bertz CT molecular complexity index is 443. The van der Waals surface area contributed by atoms with Gasteiger partial charge in [-0.2, -0.15) is 0 Å². The molecule has 0 aromatic heterocycles. The van der Waals surface area contributed by atoms with Gasteiger partial charge in [-0.05, 0) is 32.5 Å². The van der Waals surface area contributed by atoms with Gasteiger partial charge in [0.25, 0.3) is 5.91 Å². The number of hydrogen-bond acceptors (Lipinski definition) is 3. The van der Waals surface area contributed by atoms with Crippen LogP contribution in [0.15, 0.2) is 18.2 Å². The summed E-state index contributed by atoms with van der Waals surface area (Å²) in [5.41, 5.74) is 3.34. The number of nitrogens with one attached hydrogen (secondary N) is 1. The summed E-state index contributed by atoms with van der Waals surface area (Å²) in [6.45, 7) is 5.87. The Morgan fingerprint density at radius 2 is 2.22 bits per heavy atom. The van der Waals surface area contributed by atoms with Crippen LogP contribution in [0, 0.1) is 13.8 Å². The van der Waals surface area contributed by atoms with Crippen LogP contribution in [0.4, 0.5) is 5.69 Å². The van der Waals surface area contributed by atoms with E-state index in [-0.39, 0.29) is 12.0 Å². The van der Waals surface area contributed by atoms with Crippen molar-refractivity contribution >= 4 is 11.6 Å². The van der Waals surface area contributed by atoms with E-state index < -0.39 is 0 Å². The quantitative estimate of drug-likeness (QED) is 0.875. The van der Waals surface area contributed by atoms with Crippen molar-refractivity contribution in [3.05, 3.63) is 29.3 Å². The maximum atomic E-state index is 12.3. The molecule has 98 valence electrons. The van der Waals surface area contributed by atoms with Crippen LogP contribution in [0.1, 0.15) is 11.1 Å². The van der Waals surface area contributed by atoms with Crippen molar-refractivity contribution in [2.24, 2.45) is 0 Å². The molecule has 4 nitrogen and oxygen atoms in total. The van der Waals surface area contributed by atoms with E-state index in [2.05, 4.69) is 18.3 Å². The predicted octanol–water partition coefficient (Wildman–Crippen LogP) is 1.25. The first-order valence-electron chi connectivity index (χ1n) is 6.28. The van der Waals surface area contributed by atoms with E-state index >= 15 is 0 Å². The second-order valence-corrected chi connectivity index (χ2v) is 4.70. The molecule has 1 aliphatic rings. The van der Waals surface area contributed by atoms with E-state index in [0.29, 0.717) is 19.7 Å². The first kappa shape index (κ1) is 13.1. The number of benzene rings is 1. The number of likely N-dealkylation sites (N-methyl/N-ethyl adjacent to an activating group) is 1. The van der Waals surface area contributed by atoms with Crippen LogP contribution in [0.25, 0.3) is 0 Å². The van der Waals surface area contributed by atoms with E-state index in [4.69, 9.17) is 4.74 Å². The molecule has 1 aromatic carbocycles. The minimum atomic E-state index is -0.371. The van der Waals surface area contributed by atoms with Gasteiger partial charge in [-0.1, -0.05) is 17.7 Å². The number of amides is 1. The van der Waals surface area contributed by atoms with Gasteiger partial charge in [-0.25, -0.2) is 0 Å². The summed E-state index contributed by atoms with van der Waals surface area (Å²) in [4.78, 5) is 14.1. The molecular weight excluding hydrogens is 228 g/mol. The van der Waals surface area contributed by atoms with Crippen molar-refractivity contribution in [2.45, 2.75) is 20.0 Å². The van der Waals surface area contributed by atoms with Crippen LogP contribution < -0.4 is 10.2 Å². The number of aryl methyl sites for hydroxylation is 2. The Morgan fingerprint density at radius 3 is 2.89 bits per heavy atom. The second kappa shape index (κ2) is 5.50. The molecule has 1 saturated heterocycles. The van der Waals surface area contributed by atoms with E-state index in [1.807, 2.05) is 31.0 Å². The van der Waals surface area contributed by atoms with Crippen molar-refractivity contribution in [1.82, 2.24) is 5.32 Å². The monoisotopic (exact) mass is 248 g/mol. The standard InChI is InChI=1S/C14H20N2O2/c1-10-4-5-12(11(2)8-10)16-6-7-18-13(9-15-3)14(16)17/h4-5,8,13,15H,6-7,9H2,1-3H3. The third-order valence-electron chi connectivity index (χ3n) is 3.21. The summed E-state index contributed by atoms with van der Waals surface area (Å²) in [6.07, 6.45) is -0.371. The van der Waals surface area contributed by atoms with Crippen LogP contribution in [-0.2, 0) is 9.53 Å². The summed E-state index contributed by atoms with van der Waals surface area (Å²) in [7, 11) is 1.83. The zero-order chi connectivity index (χ0) is 13.1. The molecular formula is C14H20N2O2. The first-order chi connectivity index (χ1) is 8.63. The minimum Gasteiger partial charge on any atom is -0.365 e. The van der Waals surface area contributed by atoms with Crippen molar-refractivity contribution in [1.29, 1.82) is 0 Å². The smallest absolute Gasteiger partial charge is 0.257 e. The van der Waals surface area contributed by atoms with Crippen LogP contribution in [0.5, 0.6) is 0 Å². The Balaban J connectivity index is 2.24. The van der Waals surface area contributed by atoms with Crippen molar-refractivity contribution in [3.8, 4) is 0 Å². The molecule has 0 aliphatic carbocycles. The first-order valence-corrected chi connectivity index (χ1v) is 6.28. The molecule has 0 saturated carbocycles. The Kier molecular flexibility index (Phi) is 3.99. The van der Waals surface area contributed by atoms with Gasteiger partial charge < -0.3 is 15.0 Å². The highest BCUT2D eigenvalue weighted by Gasteiger charge is 2.30. The molecule has 4 heteroatoms. The third-order valence-corrected chi connectivity index (χ3v) is 3.21. The summed E-state index contributed by atoms with van der Waals surface area (Å²) in [6, 6.07) is 6.16. The zero-order valence-corrected chi connectivity index (χ0v) is 11.2. The second-order valence-electron chi connectivity index (χ2n) is 4.70. The van der Waals surface area contributed by atoms with Crippen LogP contribution in [-0.4, -0.2) is 38.8 Å². The molecule has 1 aliphatic heterocycles. The number of rotatable bonds is 3. The van der Waals surface area contributed by atoms with Gasteiger partial charge in [0, 0.05) is 18.8 Å². The van der Waals surface area contributed by atoms with Gasteiger partial charge in [-0.15, -0.1) is 0 Å². The number of anilines is 1.